The fourth-order valence-electron chi connectivity index (χ4n) is 1.89. The number of carbonyl (C=O) groups is 1. The van der Waals surface area contributed by atoms with Gasteiger partial charge in [-0.15, -0.1) is 0 Å². The van der Waals surface area contributed by atoms with Gasteiger partial charge in [-0.3, -0.25) is 9.78 Å². The Kier molecular flexibility index (Phi) is 5.86. The molecule has 0 radical (unpaired) electrons. The minimum atomic E-state index is -3.38. The number of pyridine rings is 1. The molecule has 118 valence electrons. The van der Waals surface area contributed by atoms with Gasteiger partial charge in [0.15, 0.2) is 0 Å². The molecule has 0 saturated heterocycles. The Morgan fingerprint density at radius 2 is 2.05 bits per heavy atom. The van der Waals surface area contributed by atoms with Gasteiger partial charge in [-0.25, -0.2) is 13.1 Å². The lowest BCUT2D eigenvalue weighted by molar-refractivity contribution is -0.120. The highest BCUT2D eigenvalue weighted by molar-refractivity contribution is 7.88. The molecule has 0 saturated carbocycles. The van der Waals surface area contributed by atoms with Crippen molar-refractivity contribution in [3.8, 4) is 0 Å². The van der Waals surface area contributed by atoms with Crippen molar-refractivity contribution < 1.29 is 13.2 Å². The number of hydrogen-bond acceptors (Lipinski definition) is 4. The van der Waals surface area contributed by atoms with Gasteiger partial charge in [0.1, 0.15) is 0 Å². The van der Waals surface area contributed by atoms with E-state index in [2.05, 4.69) is 35.8 Å². The van der Waals surface area contributed by atoms with E-state index in [0.717, 1.165) is 18.2 Å². The Hall–Kier alpha value is -1.47. The zero-order valence-electron chi connectivity index (χ0n) is 12.9. The minimum absolute atomic E-state index is 0.0120. The summed E-state index contributed by atoms with van der Waals surface area (Å²) in [6.07, 6.45) is 5.13. The summed E-state index contributed by atoms with van der Waals surface area (Å²) in [5, 5.41) is 2.86. The molecule has 0 spiro atoms. The van der Waals surface area contributed by atoms with Crippen molar-refractivity contribution in [2.24, 2.45) is 5.41 Å². The summed E-state index contributed by atoms with van der Waals surface area (Å²) in [4.78, 5) is 16.0. The molecule has 2 N–H and O–H groups in total. The van der Waals surface area contributed by atoms with Crippen LogP contribution in [0, 0.1) is 5.41 Å². The number of rotatable bonds is 6. The van der Waals surface area contributed by atoms with Crippen molar-refractivity contribution in [1.29, 1.82) is 0 Å². The van der Waals surface area contributed by atoms with E-state index >= 15 is 0 Å². The lowest BCUT2D eigenvalue weighted by Crippen LogP contribution is -2.39. The maximum atomic E-state index is 11.9. The zero-order valence-corrected chi connectivity index (χ0v) is 13.7. The summed E-state index contributed by atoms with van der Waals surface area (Å²) in [6, 6.07) is 3.51. The standard InChI is InChI=1S/C14H23N3O3S/c1-14(2,3)8-12(11-6-5-7-15-9-11)17-13(18)10-16-21(4,19)20/h5-7,9,12,16H,8,10H2,1-4H3,(H,17,18)/t12-/m1/s1. The van der Waals surface area contributed by atoms with E-state index < -0.39 is 10.0 Å². The molecular formula is C14H23N3O3S. The lowest BCUT2D eigenvalue weighted by atomic mass is 9.86. The van der Waals surface area contributed by atoms with Gasteiger partial charge >= 0.3 is 0 Å². The highest BCUT2D eigenvalue weighted by Gasteiger charge is 2.22. The number of hydrogen-bond donors (Lipinski definition) is 2. The van der Waals surface area contributed by atoms with E-state index in [1.165, 1.54) is 0 Å². The zero-order chi connectivity index (χ0) is 16.1. The van der Waals surface area contributed by atoms with Crippen molar-refractivity contribution in [3.63, 3.8) is 0 Å². The second-order valence-corrected chi connectivity index (χ2v) is 8.10. The number of nitrogens with one attached hydrogen (secondary N) is 2. The highest BCUT2D eigenvalue weighted by Crippen LogP contribution is 2.28. The van der Waals surface area contributed by atoms with Crippen LogP contribution in [-0.2, 0) is 14.8 Å². The Morgan fingerprint density at radius 3 is 2.52 bits per heavy atom. The molecule has 7 heteroatoms. The molecular weight excluding hydrogens is 290 g/mol. The molecule has 1 rings (SSSR count). The van der Waals surface area contributed by atoms with E-state index in [0.29, 0.717) is 0 Å². The van der Waals surface area contributed by atoms with Crippen LogP contribution >= 0.6 is 0 Å². The van der Waals surface area contributed by atoms with Gasteiger partial charge in [-0.1, -0.05) is 26.8 Å². The largest absolute Gasteiger partial charge is 0.348 e. The molecule has 1 amide bonds. The van der Waals surface area contributed by atoms with Crippen LogP contribution in [0.15, 0.2) is 24.5 Å². The third kappa shape index (κ3) is 7.77. The van der Waals surface area contributed by atoms with Crippen LogP contribution in [-0.4, -0.2) is 32.1 Å². The van der Waals surface area contributed by atoms with Crippen molar-refractivity contribution in [2.45, 2.75) is 33.2 Å². The third-order valence-corrected chi connectivity index (χ3v) is 3.40. The first-order valence-corrected chi connectivity index (χ1v) is 8.60. The predicted molar refractivity (Wildman–Crippen MR) is 82.0 cm³/mol. The van der Waals surface area contributed by atoms with E-state index in [1.807, 2.05) is 12.1 Å². The van der Waals surface area contributed by atoms with Crippen LogP contribution in [0.3, 0.4) is 0 Å². The lowest BCUT2D eigenvalue weighted by Gasteiger charge is -2.27. The normalized spacial score (nSPS) is 13.7. The predicted octanol–water partition coefficient (Wildman–Crippen LogP) is 1.22. The van der Waals surface area contributed by atoms with E-state index in [-0.39, 0.29) is 23.9 Å². The number of carbonyl (C=O) groups excluding carboxylic acids is 1. The van der Waals surface area contributed by atoms with Gasteiger partial charge in [0, 0.05) is 12.4 Å². The topological polar surface area (TPSA) is 88.2 Å². The van der Waals surface area contributed by atoms with Crippen LogP contribution in [0.4, 0.5) is 0 Å². The van der Waals surface area contributed by atoms with Crippen molar-refractivity contribution in [3.05, 3.63) is 30.1 Å². The number of aromatic nitrogens is 1. The Bertz CT molecular complexity index is 565. The smallest absolute Gasteiger partial charge is 0.235 e. The quantitative estimate of drug-likeness (QED) is 0.826. The molecule has 1 aromatic rings. The molecule has 0 aromatic carbocycles. The maximum absolute atomic E-state index is 11.9. The summed E-state index contributed by atoms with van der Waals surface area (Å²) < 4.78 is 24.2. The summed E-state index contributed by atoms with van der Waals surface area (Å²) in [5.74, 6) is -0.362. The van der Waals surface area contributed by atoms with Crippen molar-refractivity contribution in [1.82, 2.24) is 15.0 Å². The second kappa shape index (κ2) is 7.00. The number of amides is 1. The molecule has 21 heavy (non-hydrogen) atoms. The van der Waals surface area contributed by atoms with E-state index in [4.69, 9.17) is 0 Å². The fraction of sp³-hybridized carbons (Fsp3) is 0.571. The molecule has 6 nitrogen and oxygen atoms in total. The molecule has 1 heterocycles. The fourth-order valence-corrected chi connectivity index (χ4v) is 2.28. The van der Waals surface area contributed by atoms with E-state index in [1.54, 1.807) is 12.4 Å². The third-order valence-electron chi connectivity index (χ3n) is 2.73. The molecule has 0 unspecified atom stereocenters. The number of nitrogens with zero attached hydrogens (tertiary/aromatic N) is 1. The molecule has 0 aliphatic heterocycles. The summed E-state index contributed by atoms with van der Waals surface area (Å²) >= 11 is 0. The van der Waals surface area contributed by atoms with Crippen molar-refractivity contribution in [2.75, 3.05) is 12.8 Å². The first-order valence-electron chi connectivity index (χ1n) is 6.71. The Morgan fingerprint density at radius 1 is 1.38 bits per heavy atom. The second-order valence-electron chi connectivity index (χ2n) is 6.26. The first-order chi connectivity index (χ1) is 9.57. The van der Waals surface area contributed by atoms with Gasteiger partial charge in [0.2, 0.25) is 15.9 Å². The van der Waals surface area contributed by atoms with Gasteiger partial charge in [0.05, 0.1) is 18.8 Å². The molecule has 0 aliphatic carbocycles. The minimum Gasteiger partial charge on any atom is -0.348 e. The average molecular weight is 313 g/mol. The van der Waals surface area contributed by atoms with Gasteiger partial charge in [-0.2, -0.15) is 0 Å². The average Bonchev–Trinajstić information content (AvgIpc) is 2.34. The van der Waals surface area contributed by atoms with Crippen LogP contribution < -0.4 is 10.0 Å². The maximum Gasteiger partial charge on any atom is 0.235 e. The molecule has 0 bridgehead atoms. The van der Waals surface area contributed by atoms with Gasteiger partial charge < -0.3 is 5.32 Å². The van der Waals surface area contributed by atoms with Crippen LogP contribution in [0.5, 0.6) is 0 Å². The highest BCUT2D eigenvalue weighted by atomic mass is 32.2. The van der Waals surface area contributed by atoms with Crippen molar-refractivity contribution >= 4 is 15.9 Å². The Balaban J connectivity index is 2.76. The van der Waals surface area contributed by atoms with Gasteiger partial charge in [0.25, 0.3) is 0 Å². The van der Waals surface area contributed by atoms with Crippen LogP contribution in [0.2, 0.25) is 0 Å². The molecule has 1 atom stereocenters. The summed E-state index contributed by atoms with van der Waals surface area (Å²) in [5.41, 5.74) is 0.915. The summed E-state index contributed by atoms with van der Waals surface area (Å²) in [7, 11) is -3.38. The molecule has 1 aromatic heterocycles. The monoisotopic (exact) mass is 313 g/mol. The molecule has 0 fully saturated rings. The first kappa shape index (κ1) is 17.6. The van der Waals surface area contributed by atoms with Crippen LogP contribution in [0.1, 0.15) is 38.8 Å². The van der Waals surface area contributed by atoms with Crippen LogP contribution in [0.25, 0.3) is 0 Å². The SMILES string of the molecule is CC(C)(C)C[C@@H](NC(=O)CNS(C)(=O)=O)c1cccnc1. The number of sulfonamides is 1. The molecule has 0 aliphatic rings. The van der Waals surface area contributed by atoms with Gasteiger partial charge in [-0.05, 0) is 23.5 Å². The van der Waals surface area contributed by atoms with E-state index in [9.17, 15) is 13.2 Å². The summed E-state index contributed by atoms with van der Waals surface area (Å²) in [6.45, 7) is 5.98. The Labute approximate surface area is 126 Å².